The van der Waals surface area contributed by atoms with E-state index in [2.05, 4.69) is 5.32 Å². The lowest BCUT2D eigenvalue weighted by molar-refractivity contribution is -0.137. The minimum atomic E-state index is -4.40. The lowest BCUT2D eigenvalue weighted by Gasteiger charge is -2.17. The van der Waals surface area contributed by atoms with E-state index in [4.69, 9.17) is 0 Å². The minimum absolute atomic E-state index is 0.330. The van der Waals surface area contributed by atoms with Crippen molar-refractivity contribution >= 4 is 11.6 Å². The van der Waals surface area contributed by atoms with Gasteiger partial charge in [-0.1, -0.05) is 18.2 Å². The van der Waals surface area contributed by atoms with E-state index in [-0.39, 0.29) is 5.91 Å². The molecule has 3 nitrogen and oxygen atoms in total. The molecular formula is C18H19F3N2O. The van der Waals surface area contributed by atoms with E-state index in [0.717, 1.165) is 17.8 Å². The Labute approximate surface area is 139 Å². The first-order valence-corrected chi connectivity index (χ1v) is 7.44. The summed E-state index contributed by atoms with van der Waals surface area (Å²) in [7, 11) is 3.73. The first-order chi connectivity index (χ1) is 11.2. The predicted molar refractivity (Wildman–Crippen MR) is 88.1 cm³/mol. The molecule has 1 N–H and O–H groups in total. The average molecular weight is 336 g/mol. The molecule has 1 atom stereocenters. The molecule has 0 aliphatic heterocycles. The van der Waals surface area contributed by atoms with Crippen LogP contribution in [0.3, 0.4) is 0 Å². The van der Waals surface area contributed by atoms with E-state index in [1.54, 1.807) is 31.2 Å². The number of anilines is 1. The first-order valence-electron chi connectivity index (χ1n) is 7.44. The van der Waals surface area contributed by atoms with Gasteiger partial charge in [0.2, 0.25) is 0 Å². The number of rotatable bonds is 4. The summed E-state index contributed by atoms with van der Waals surface area (Å²) in [5, 5.41) is 2.73. The summed E-state index contributed by atoms with van der Waals surface area (Å²) in [4.78, 5) is 14.2. The van der Waals surface area contributed by atoms with Crippen molar-refractivity contribution in [1.29, 1.82) is 0 Å². The highest BCUT2D eigenvalue weighted by Crippen LogP contribution is 2.30. The van der Waals surface area contributed by atoms with Gasteiger partial charge in [-0.25, -0.2) is 0 Å². The van der Waals surface area contributed by atoms with E-state index in [9.17, 15) is 18.0 Å². The average Bonchev–Trinajstić information content (AvgIpc) is 2.54. The molecule has 0 heterocycles. The Hall–Kier alpha value is -2.50. The van der Waals surface area contributed by atoms with Crippen molar-refractivity contribution in [3.05, 3.63) is 65.2 Å². The number of alkyl halides is 3. The molecule has 6 heteroatoms. The van der Waals surface area contributed by atoms with Gasteiger partial charge in [0.25, 0.3) is 5.91 Å². The normalized spacial score (nSPS) is 12.6. The van der Waals surface area contributed by atoms with Gasteiger partial charge in [0.05, 0.1) is 11.6 Å². The highest BCUT2D eigenvalue weighted by atomic mass is 19.4. The molecular weight excluding hydrogens is 317 g/mol. The third kappa shape index (κ3) is 4.28. The number of hydrogen-bond donors (Lipinski definition) is 1. The second-order valence-corrected chi connectivity index (χ2v) is 5.76. The first kappa shape index (κ1) is 17.8. The molecule has 2 aromatic carbocycles. The number of carbonyl (C=O) groups excluding carboxylic acids is 1. The highest BCUT2D eigenvalue weighted by molar-refractivity contribution is 5.95. The van der Waals surface area contributed by atoms with Crippen LogP contribution in [-0.4, -0.2) is 20.0 Å². The van der Waals surface area contributed by atoms with Crippen LogP contribution in [0.4, 0.5) is 18.9 Å². The van der Waals surface area contributed by atoms with Crippen molar-refractivity contribution in [2.24, 2.45) is 0 Å². The fourth-order valence-electron chi connectivity index (χ4n) is 2.27. The second kappa shape index (κ2) is 6.95. The van der Waals surface area contributed by atoms with Crippen LogP contribution in [0, 0.1) is 0 Å². The van der Waals surface area contributed by atoms with E-state index in [1.165, 1.54) is 6.07 Å². The Kier molecular flexibility index (Phi) is 5.17. The maximum atomic E-state index is 12.8. The second-order valence-electron chi connectivity index (χ2n) is 5.76. The molecule has 0 aliphatic rings. The smallest absolute Gasteiger partial charge is 0.378 e. The largest absolute Gasteiger partial charge is 0.416 e. The Morgan fingerprint density at radius 1 is 1.08 bits per heavy atom. The zero-order chi connectivity index (χ0) is 17.9. The Morgan fingerprint density at radius 2 is 1.75 bits per heavy atom. The standard InChI is InChI=1S/C18H19F3N2O/c1-12(13-6-4-8-15(10-13)18(19,20)21)22-17(24)14-7-5-9-16(11-14)23(2)3/h4-12H,1-3H3,(H,22,24). The van der Waals surface area contributed by atoms with E-state index in [1.807, 2.05) is 25.1 Å². The van der Waals surface area contributed by atoms with Crippen molar-refractivity contribution in [3.8, 4) is 0 Å². The third-order valence-corrected chi connectivity index (χ3v) is 3.69. The summed E-state index contributed by atoms with van der Waals surface area (Å²) in [5.41, 5.74) is 1.01. The number of benzene rings is 2. The molecule has 0 saturated carbocycles. The number of hydrogen-bond acceptors (Lipinski definition) is 2. The van der Waals surface area contributed by atoms with Crippen LogP contribution in [0.2, 0.25) is 0 Å². The Bertz CT molecular complexity index is 726. The molecule has 128 valence electrons. The zero-order valence-corrected chi connectivity index (χ0v) is 13.7. The van der Waals surface area contributed by atoms with Crippen molar-refractivity contribution in [1.82, 2.24) is 5.32 Å². The maximum absolute atomic E-state index is 12.8. The quantitative estimate of drug-likeness (QED) is 0.905. The SMILES string of the molecule is CC(NC(=O)c1cccc(N(C)C)c1)c1cccc(C(F)(F)F)c1. The lowest BCUT2D eigenvalue weighted by atomic mass is 10.0. The third-order valence-electron chi connectivity index (χ3n) is 3.69. The molecule has 2 aromatic rings. The molecule has 0 aliphatic carbocycles. The summed E-state index contributed by atoms with van der Waals surface area (Å²) in [6.45, 7) is 1.66. The van der Waals surface area contributed by atoms with Gasteiger partial charge in [0.1, 0.15) is 0 Å². The molecule has 0 spiro atoms. The summed E-state index contributed by atoms with van der Waals surface area (Å²) in [5.74, 6) is -0.330. The molecule has 1 amide bonds. The molecule has 24 heavy (non-hydrogen) atoms. The summed E-state index contributed by atoms with van der Waals surface area (Å²) in [6.07, 6.45) is -4.40. The van der Waals surface area contributed by atoms with E-state index >= 15 is 0 Å². The van der Waals surface area contributed by atoms with Gasteiger partial charge >= 0.3 is 6.18 Å². The summed E-state index contributed by atoms with van der Waals surface area (Å²) in [6, 6.07) is 11.5. The van der Waals surface area contributed by atoms with Crippen LogP contribution in [0.15, 0.2) is 48.5 Å². The number of halogens is 3. The van der Waals surface area contributed by atoms with Crippen LogP contribution >= 0.6 is 0 Å². The van der Waals surface area contributed by atoms with Gasteiger partial charge in [-0.15, -0.1) is 0 Å². The van der Waals surface area contributed by atoms with E-state index in [0.29, 0.717) is 11.1 Å². The van der Waals surface area contributed by atoms with E-state index < -0.39 is 17.8 Å². The molecule has 1 unspecified atom stereocenters. The van der Waals surface area contributed by atoms with Crippen molar-refractivity contribution in [2.75, 3.05) is 19.0 Å². The Morgan fingerprint density at radius 3 is 2.38 bits per heavy atom. The molecule has 2 rings (SSSR count). The van der Waals surface area contributed by atoms with Crippen molar-refractivity contribution in [2.45, 2.75) is 19.1 Å². The number of carbonyl (C=O) groups is 1. The summed E-state index contributed by atoms with van der Waals surface area (Å²) < 4.78 is 38.4. The van der Waals surface area contributed by atoms with Crippen LogP contribution in [-0.2, 0) is 6.18 Å². The van der Waals surface area contributed by atoms with Gasteiger partial charge < -0.3 is 10.2 Å². The summed E-state index contributed by atoms with van der Waals surface area (Å²) >= 11 is 0. The molecule has 0 saturated heterocycles. The van der Waals surface area contributed by atoms with Crippen molar-refractivity contribution < 1.29 is 18.0 Å². The topological polar surface area (TPSA) is 32.3 Å². The van der Waals surface area contributed by atoms with Crippen molar-refractivity contribution in [3.63, 3.8) is 0 Å². The molecule has 0 bridgehead atoms. The molecule has 0 radical (unpaired) electrons. The number of nitrogens with zero attached hydrogens (tertiary/aromatic N) is 1. The lowest BCUT2D eigenvalue weighted by Crippen LogP contribution is -2.27. The van der Waals surface area contributed by atoms with Crippen LogP contribution in [0.5, 0.6) is 0 Å². The van der Waals surface area contributed by atoms with Crippen LogP contribution in [0.25, 0.3) is 0 Å². The van der Waals surface area contributed by atoms with Crippen LogP contribution < -0.4 is 10.2 Å². The maximum Gasteiger partial charge on any atom is 0.416 e. The Balaban J connectivity index is 2.16. The minimum Gasteiger partial charge on any atom is -0.378 e. The number of nitrogens with one attached hydrogen (secondary N) is 1. The van der Waals surface area contributed by atoms with Gasteiger partial charge in [-0.05, 0) is 42.8 Å². The number of amides is 1. The predicted octanol–water partition coefficient (Wildman–Crippen LogP) is 4.26. The molecule has 0 fully saturated rings. The van der Waals surface area contributed by atoms with Gasteiger partial charge in [0, 0.05) is 25.3 Å². The van der Waals surface area contributed by atoms with Gasteiger partial charge in [-0.3, -0.25) is 4.79 Å². The fraction of sp³-hybridized carbons (Fsp3) is 0.278. The monoisotopic (exact) mass is 336 g/mol. The highest BCUT2D eigenvalue weighted by Gasteiger charge is 2.30. The van der Waals surface area contributed by atoms with Gasteiger partial charge in [-0.2, -0.15) is 13.2 Å². The fourth-order valence-corrected chi connectivity index (χ4v) is 2.27. The zero-order valence-electron chi connectivity index (χ0n) is 13.7. The van der Waals surface area contributed by atoms with Gasteiger partial charge in [0.15, 0.2) is 0 Å². The van der Waals surface area contributed by atoms with Crippen LogP contribution in [0.1, 0.15) is 34.5 Å². The molecule has 0 aromatic heterocycles.